The second kappa shape index (κ2) is 5.46. The molecule has 1 aromatic carbocycles. The third kappa shape index (κ3) is 3.30. The fraction of sp³-hybridized carbons (Fsp3) is 0.500. The molecule has 0 radical (unpaired) electrons. The zero-order chi connectivity index (χ0) is 10.7. The summed E-state index contributed by atoms with van der Waals surface area (Å²) >= 11 is 7.28. The molecule has 2 rings (SSSR count). The van der Waals surface area contributed by atoms with Gasteiger partial charge in [0.25, 0.3) is 0 Å². The number of likely N-dealkylation sites (tertiary alicyclic amines) is 1. The van der Waals surface area contributed by atoms with Gasteiger partial charge in [-0.25, -0.2) is 0 Å². The van der Waals surface area contributed by atoms with Crippen molar-refractivity contribution in [3.05, 3.63) is 34.3 Å². The molecule has 0 aliphatic carbocycles. The molecule has 1 heterocycles. The Hall–Kier alpha value is 0.140. The van der Waals surface area contributed by atoms with Gasteiger partial charge < -0.3 is 0 Å². The van der Waals surface area contributed by atoms with E-state index < -0.39 is 0 Å². The van der Waals surface area contributed by atoms with Crippen LogP contribution in [-0.2, 0) is 6.54 Å². The smallest absolute Gasteiger partial charge is 0.0244 e. The van der Waals surface area contributed by atoms with Gasteiger partial charge in [-0.05, 0) is 37.6 Å². The van der Waals surface area contributed by atoms with E-state index in [1.165, 1.54) is 36.0 Å². The number of hydrogen-bond donors (Lipinski definition) is 0. The van der Waals surface area contributed by atoms with E-state index in [4.69, 9.17) is 0 Å². The Kier molecular flexibility index (Phi) is 4.23. The normalized spacial score (nSPS) is 19.3. The molecule has 0 saturated carbocycles. The van der Waals surface area contributed by atoms with Gasteiger partial charge in [-0.1, -0.05) is 50.1 Å². The maximum atomic E-state index is 3.68. The van der Waals surface area contributed by atoms with Crippen molar-refractivity contribution in [1.82, 2.24) is 4.90 Å². The average Bonchev–Trinajstić information content (AvgIpc) is 2.25. The van der Waals surface area contributed by atoms with Gasteiger partial charge in [-0.2, -0.15) is 0 Å². The molecule has 0 N–H and O–H groups in total. The van der Waals surface area contributed by atoms with E-state index in [2.05, 4.69) is 61.0 Å². The fourth-order valence-electron chi connectivity index (χ4n) is 1.93. The van der Waals surface area contributed by atoms with E-state index >= 15 is 0 Å². The van der Waals surface area contributed by atoms with Crippen LogP contribution in [0.3, 0.4) is 0 Å². The first kappa shape index (κ1) is 11.6. The Bertz CT molecular complexity index is 319. The third-order valence-corrected chi connectivity index (χ3v) is 4.56. The van der Waals surface area contributed by atoms with Crippen molar-refractivity contribution in [3.63, 3.8) is 0 Å². The number of alkyl halides is 1. The molecular formula is C12H15Br2N. The van der Waals surface area contributed by atoms with Crippen LogP contribution in [0.4, 0.5) is 0 Å². The van der Waals surface area contributed by atoms with Gasteiger partial charge in [0.2, 0.25) is 0 Å². The summed E-state index contributed by atoms with van der Waals surface area (Å²) in [6, 6.07) is 8.49. The SMILES string of the molecule is Brc1ccccc1CN1CCC(Br)CC1. The van der Waals surface area contributed by atoms with E-state index in [0.29, 0.717) is 0 Å². The van der Waals surface area contributed by atoms with Crippen LogP contribution in [0.25, 0.3) is 0 Å². The number of piperidine rings is 1. The summed E-state index contributed by atoms with van der Waals surface area (Å²) in [5.41, 5.74) is 1.39. The molecule has 1 aliphatic rings. The largest absolute Gasteiger partial charge is 0.299 e. The lowest BCUT2D eigenvalue weighted by molar-refractivity contribution is 0.226. The number of nitrogens with zero attached hydrogens (tertiary/aromatic N) is 1. The number of hydrogen-bond acceptors (Lipinski definition) is 1. The summed E-state index contributed by atoms with van der Waals surface area (Å²) in [4.78, 5) is 3.26. The second-order valence-corrected chi connectivity index (χ2v) is 6.19. The van der Waals surface area contributed by atoms with Crippen molar-refractivity contribution in [1.29, 1.82) is 0 Å². The maximum absolute atomic E-state index is 3.68. The molecular weight excluding hydrogens is 318 g/mol. The van der Waals surface area contributed by atoms with Gasteiger partial charge in [0.05, 0.1) is 0 Å². The second-order valence-electron chi connectivity index (χ2n) is 4.04. The molecule has 0 atom stereocenters. The summed E-state index contributed by atoms with van der Waals surface area (Å²) in [6.07, 6.45) is 2.54. The predicted octanol–water partition coefficient (Wildman–Crippen LogP) is 3.81. The lowest BCUT2D eigenvalue weighted by atomic mass is 10.1. The molecule has 15 heavy (non-hydrogen) atoms. The van der Waals surface area contributed by atoms with Crippen LogP contribution < -0.4 is 0 Å². The molecule has 82 valence electrons. The quantitative estimate of drug-likeness (QED) is 0.744. The predicted molar refractivity (Wildman–Crippen MR) is 71.4 cm³/mol. The van der Waals surface area contributed by atoms with Crippen molar-refractivity contribution < 1.29 is 0 Å². The highest BCUT2D eigenvalue weighted by Gasteiger charge is 2.17. The summed E-state index contributed by atoms with van der Waals surface area (Å²) in [6.45, 7) is 3.48. The summed E-state index contributed by atoms with van der Waals surface area (Å²) in [5, 5.41) is 0. The van der Waals surface area contributed by atoms with Crippen molar-refractivity contribution in [2.24, 2.45) is 0 Å². The van der Waals surface area contributed by atoms with E-state index in [0.717, 1.165) is 11.4 Å². The molecule has 1 aromatic rings. The van der Waals surface area contributed by atoms with Crippen LogP contribution >= 0.6 is 31.9 Å². The van der Waals surface area contributed by atoms with E-state index in [9.17, 15) is 0 Å². The highest BCUT2D eigenvalue weighted by Crippen LogP contribution is 2.22. The minimum absolute atomic E-state index is 0.730. The standard InChI is InChI=1S/C12H15Br2N/c13-11-5-7-15(8-6-11)9-10-3-1-2-4-12(10)14/h1-4,11H,5-9H2. The first-order valence-electron chi connectivity index (χ1n) is 5.35. The molecule has 1 saturated heterocycles. The van der Waals surface area contributed by atoms with E-state index in [1.807, 2.05) is 0 Å². The molecule has 3 heteroatoms. The van der Waals surface area contributed by atoms with Gasteiger partial charge in [-0.15, -0.1) is 0 Å². The first-order chi connectivity index (χ1) is 7.25. The fourth-order valence-corrected chi connectivity index (χ4v) is 2.75. The van der Waals surface area contributed by atoms with Crippen molar-refractivity contribution in [3.8, 4) is 0 Å². The van der Waals surface area contributed by atoms with Gasteiger partial charge in [0, 0.05) is 15.8 Å². The van der Waals surface area contributed by atoms with Gasteiger partial charge in [0.1, 0.15) is 0 Å². The van der Waals surface area contributed by atoms with Crippen molar-refractivity contribution >= 4 is 31.9 Å². The zero-order valence-corrected chi connectivity index (χ0v) is 11.8. The van der Waals surface area contributed by atoms with Crippen LogP contribution in [0.1, 0.15) is 18.4 Å². The minimum Gasteiger partial charge on any atom is -0.299 e. The number of rotatable bonds is 2. The van der Waals surface area contributed by atoms with E-state index in [1.54, 1.807) is 0 Å². The van der Waals surface area contributed by atoms with Crippen molar-refractivity contribution in [2.75, 3.05) is 13.1 Å². The Balaban J connectivity index is 1.95. The topological polar surface area (TPSA) is 3.24 Å². The highest BCUT2D eigenvalue weighted by molar-refractivity contribution is 9.10. The first-order valence-corrected chi connectivity index (χ1v) is 7.06. The number of halogens is 2. The zero-order valence-electron chi connectivity index (χ0n) is 8.63. The van der Waals surface area contributed by atoms with Crippen LogP contribution in [-0.4, -0.2) is 22.8 Å². The molecule has 0 spiro atoms. The summed E-state index contributed by atoms with van der Waals surface area (Å²) in [5.74, 6) is 0. The summed E-state index contributed by atoms with van der Waals surface area (Å²) < 4.78 is 1.23. The maximum Gasteiger partial charge on any atom is 0.0244 e. The van der Waals surface area contributed by atoms with Gasteiger partial charge in [0.15, 0.2) is 0 Å². The Labute approximate surface area is 108 Å². The average molecular weight is 333 g/mol. The molecule has 1 nitrogen and oxygen atoms in total. The number of benzene rings is 1. The minimum atomic E-state index is 0.730. The molecule has 0 amide bonds. The van der Waals surface area contributed by atoms with Crippen molar-refractivity contribution in [2.45, 2.75) is 24.2 Å². The van der Waals surface area contributed by atoms with E-state index in [-0.39, 0.29) is 0 Å². The summed E-state index contributed by atoms with van der Waals surface area (Å²) in [7, 11) is 0. The monoisotopic (exact) mass is 331 g/mol. The lowest BCUT2D eigenvalue weighted by Crippen LogP contribution is -2.33. The van der Waals surface area contributed by atoms with Crippen LogP contribution in [0.15, 0.2) is 28.7 Å². The highest BCUT2D eigenvalue weighted by atomic mass is 79.9. The van der Waals surface area contributed by atoms with Crippen LogP contribution in [0.5, 0.6) is 0 Å². The Morgan fingerprint density at radius 3 is 2.53 bits per heavy atom. The molecule has 0 unspecified atom stereocenters. The molecule has 0 bridgehead atoms. The van der Waals surface area contributed by atoms with Gasteiger partial charge >= 0.3 is 0 Å². The van der Waals surface area contributed by atoms with Crippen LogP contribution in [0.2, 0.25) is 0 Å². The Morgan fingerprint density at radius 1 is 1.20 bits per heavy atom. The lowest BCUT2D eigenvalue weighted by Gasteiger charge is -2.29. The van der Waals surface area contributed by atoms with Gasteiger partial charge in [-0.3, -0.25) is 4.90 Å². The molecule has 0 aromatic heterocycles. The Morgan fingerprint density at radius 2 is 1.87 bits per heavy atom. The molecule has 1 aliphatic heterocycles. The third-order valence-electron chi connectivity index (χ3n) is 2.87. The molecule has 1 fully saturated rings. The van der Waals surface area contributed by atoms with Crippen LogP contribution in [0, 0.1) is 0 Å².